The summed E-state index contributed by atoms with van der Waals surface area (Å²) in [5.41, 5.74) is 22.8. The molecule has 13 aromatic carbocycles. The van der Waals surface area contributed by atoms with Crippen LogP contribution >= 0.6 is 0 Å². The first-order valence-corrected chi connectivity index (χ1v) is 28.1. The standard InChI is InChI=1S/C78H54N4/c1-5-19-55(20-6-1)57-39-43-65(44-40-57)79(69-47-49-77-73(53-69)71-31-13-15-33-75(71)81(77)63-25-9-3-10-26-63)67-29-17-23-61(51-67)59-35-37-60(38-36-59)62-24-18-30-68(52-62)80(66-45-41-58(42-46-66)56-21-7-2-8-22-56)70-48-50-78-74(54-70)72-32-14-16-34-76(72)82(78)64-27-11-4-12-28-64/h1-54H. The third-order valence-corrected chi connectivity index (χ3v) is 16.1. The molecule has 0 fully saturated rings. The molecule has 386 valence electrons. The van der Waals surface area contributed by atoms with Gasteiger partial charge in [-0.15, -0.1) is 0 Å². The number of nitrogens with zero attached hydrogens (tertiary/aromatic N) is 4. The molecule has 0 amide bonds. The number of rotatable bonds is 12. The molecule has 0 aliphatic heterocycles. The van der Waals surface area contributed by atoms with Gasteiger partial charge in [-0.1, -0.05) is 206 Å². The van der Waals surface area contributed by atoms with Crippen LogP contribution in [0.25, 0.3) is 99.5 Å². The highest BCUT2D eigenvalue weighted by Gasteiger charge is 2.21. The molecule has 0 aliphatic rings. The van der Waals surface area contributed by atoms with E-state index in [1.807, 2.05) is 0 Å². The highest BCUT2D eigenvalue weighted by atomic mass is 15.1. The minimum absolute atomic E-state index is 1.08. The van der Waals surface area contributed by atoms with Gasteiger partial charge in [0.05, 0.1) is 22.1 Å². The van der Waals surface area contributed by atoms with Crippen molar-refractivity contribution >= 4 is 77.7 Å². The van der Waals surface area contributed by atoms with E-state index in [1.165, 1.54) is 65.9 Å². The van der Waals surface area contributed by atoms with Gasteiger partial charge in [-0.05, 0) is 166 Å². The van der Waals surface area contributed by atoms with Gasteiger partial charge in [0.1, 0.15) is 0 Å². The third-order valence-electron chi connectivity index (χ3n) is 16.1. The fourth-order valence-electron chi connectivity index (χ4n) is 12.2. The van der Waals surface area contributed by atoms with E-state index in [0.29, 0.717) is 0 Å². The average molecular weight is 1050 g/mol. The predicted molar refractivity (Wildman–Crippen MR) is 346 cm³/mol. The molecular weight excluding hydrogens is 993 g/mol. The Morgan fingerprint density at radius 1 is 0.171 bits per heavy atom. The zero-order valence-corrected chi connectivity index (χ0v) is 45.0. The Morgan fingerprint density at radius 2 is 0.451 bits per heavy atom. The van der Waals surface area contributed by atoms with Crippen molar-refractivity contribution in [3.8, 4) is 55.9 Å². The molecule has 0 atom stereocenters. The lowest BCUT2D eigenvalue weighted by Gasteiger charge is -2.27. The number of hydrogen-bond donors (Lipinski definition) is 0. The minimum atomic E-state index is 1.08. The van der Waals surface area contributed by atoms with Crippen molar-refractivity contribution in [2.45, 2.75) is 0 Å². The summed E-state index contributed by atoms with van der Waals surface area (Å²) in [6.07, 6.45) is 0. The first kappa shape index (κ1) is 48.2. The maximum atomic E-state index is 2.40. The molecule has 4 heteroatoms. The van der Waals surface area contributed by atoms with Gasteiger partial charge in [0.15, 0.2) is 0 Å². The molecule has 15 aromatic rings. The number of anilines is 6. The van der Waals surface area contributed by atoms with E-state index in [9.17, 15) is 0 Å². The molecule has 15 rings (SSSR count). The van der Waals surface area contributed by atoms with Crippen molar-refractivity contribution in [1.82, 2.24) is 9.13 Å². The van der Waals surface area contributed by atoms with E-state index >= 15 is 0 Å². The molecule has 0 saturated heterocycles. The molecule has 0 N–H and O–H groups in total. The number of aromatic nitrogens is 2. The summed E-state index contributed by atoms with van der Waals surface area (Å²) < 4.78 is 4.75. The summed E-state index contributed by atoms with van der Waals surface area (Å²) in [5.74, 6) is 0. The summed E-state index contributed by atoms with van der Waals surface area (Å²) >= 11 is 0. The molecule has 2 aromatic heterocycles. The summed E-state index contributed by atoms with van der Waals surface area (Å²) in [6.45, 7) is 0. The fourth-order valence-corrected chi connectivity index (χ4v) is 12.2. The molecule has 0 spiro atoms. The number of benzene rings is 13. The second kappa shape index (κ2) is 20.7. The lowest BCUT2D eigenvalue weighted by Crippen LogP contribution is -2.10. The van der Waals surface area contributed by atoms with Crippen LogP contribution in [0.5, 0.6) is 0 Å². The number of para-hydroxylation sites is 4. The number of fused-ring (bicyclic) bond motifs is 6. The van der Waals surface area contributed by atoms with Gasteiger partial charge in [-0.2, -0.15) is 0 Å². The van der Waals surface area contributed by atoms with Crippen LogP contribution in [0.4, 0.5) is 34.1 Å². The van der Waals surface area contributed by atoms with E-state index in [1.54, 1.807) is 0 Å². The normalized spacial score (nSPS) is 11.4. The Bertz CT molecular complexity index is 4450. The summed E-state index contributed by atoms with van der Waals surface area (Å²) in [7, 11) is 0. The van der Waals surface area contributed by atoms with Crippen molar-refractivity contribution in [2.24, 2.45) is 0 Å². The third kappa shape index (κ3) is 8.76. The number of hydrogen-bond acceptors (Lipinski definition) is 2. The lowest BCUT2D eigenvalue weighted by atomic mass is 9.99. The maximum absolute atomic E-state index is 2.40. The molecule has 0 bridgehead atoms. The molecule has 0 aliphatic carbocycles. The minimum Gasteiger partial charge on any atom is -0.310 e. The molecule has 82 heavy (non-hydrogen) atoms. The first-order chi connectivity index (χ1) is 40.7. The fraction of sp³-hybridized carbons (Fsp3) is 0. The molecule has 0 unspecified atom stereocenters. The SMILES string of the molecule is c1ccc(-c2ccc(N(c3cccc(-c4ccc(-c5cccc(N(c6ccc(-c7ccccc7)cc6)c6ccc7c(c6)c6ccccc6n7-c6ccccc6)c5)cc4)c3)c3ccc4c(c3)c3ccccc3n4-c3ccccc3)cc2)cc1. The van der Waals surface area contributed by atoms with Gasteiger partial charge in [0.25, 0.3) is 0 Å². The van der Waals surface area contributed by atoms with Gasteiger partial charge in [-0.25, -0.2) is 0 Å². The van der Waals surface area contributed by atoms with E-state index < -0.39 is 0 Å². The Balaban J connectivity index is 0.797. The van der Waals surface area contributed by atoms with Crippen LogP contribution in [-0.2, 0) is 0 Å². The van der Waals surface area contributed by atoms with Crippen LogP contribution in [0.2, 0.25) is 0 Å². The summed E-state index contributed by atoms with van der Waals surface area (Å²) in [4.78, 5) is 4.79. The van der Waals surface area contributed by atoms with Gasteiger partial charge in [0.2, 0.25) is 0 Å². The summed E-state index contributed by atoms with van der Waals surface area (Å²) in [5, 5.41) is 4.85. The van der Waals surface area contributed by atoms with Crippen molar-refractivity contribution in [1.29, 1.82) is 0 Å². The Hall–Kier alpha value is -10.9. The highest BCUT2D eigenvalue weighted by molar-refractivity contribution is 6.12. The van der Waals surface area contributed by atoms with Crippen molar-refractivity contribution in [2.75, 3.05) is 9.80 Å². The van der Waals surface area contributed by atoms with Gasteiger partial charge in [0, 0.05) is 67.0 Å². The molecular formula is C78H54N4. The first-order valence-electron chi connectivity index (χ1n) is 28.1. The van der Waals surface area contributed by atoms with E-state index in [4.69, 9.17) is 0 Å². The second-order valence-corrected chi connectivity index (χ2v) is 21.0. The van der Waals surface area contributed by atoms with Crippen LogP contribution in [0.1, 0.15) is 0 Å². The predicted octanol–water partition coefficient (Wildman–Crippen LogP) is 21.5. The van der Waals surface area contributed by atoms with Crippen LogP contribution in [0.15, 0.2) is 328 Å². The van der Waals surface area contributed by atoms with Gasteiger partial charge < -0.3 is 18.9 Å². The molecule has 2 heterocycles. The van der Waals surface area contributed by atoms with Crippen LogP contribution in [0.3, 0.4) is 0 Å². The lowest BCUT2D eigenvalue weighted by molar-refractivity contribution is 1.18. The van der Waals surface area contributed by atoms with Crippen molar-refractivity contribution in [3.05, 3.63) is 328 Å². The highest BCUT2D eigenvalue weighted by Crippen LogP contribution is 2.44. The monoisotopic (exact) mass is 1050 g/mol. The zero-order chi connectivity index (χ0) is 54.3. The quantitative estimate of drug-likeness (QED) is 0.121. The molecule has 0 saturated carbocycles. The van der Waals surface area contributed by atoms with Crippen LogP contribution < -0.4 is 9.80 Å². The van der Waals surface area contributed by atoms with E-state index in [2.05, 4.69) is 347 Å². The van der Waals surface area contributed by atoms with E-state index in [-0.39, 0.29) is 0 Å². The second-order valence-electron chi connectivity index (χ2n) is 21.0. The molecule has 0 radical (unpaired) electrons. The van der Waals surface area contributed by atoms with Crippen molar-refractivity contribution in [3.63, 3.8) is 0 Å². The Kier molecular flexibility index (Phi) is 12.2. The van der Waals surface area contributed by atoms with Crippen LogP contribution in [0, 0.1) is 0 Å². The molecule has 4 nitrogen and oxygen atoms in total. The summed E-state index contributed by atoms with van der Waals surface area (Å²) in [6, 6.07) is 119. The van der Waals surface area contributed by atoms with Crippen LogP contribution in [-0.4, -0.2) is 9.13 Å². The topological polar surface area (TPSA) is 16.3 Å². The van der Waals surface area contributed by atoms with E-state index in [0.717, 1.165) is 67.8 Å². The smallest absolute Gasteiger partial charge is 0.0542 e. The Labute approximate surface area is 477 Å². The maximum Gasteiger partial charge on any atom is 0.0542 e. The zero-order valence-electron chi connectivity index (χ0n) is 45.0. The Morgan fingerprint density at radius 3 is 0.854 bits per heavy atom. The van der Waals surface area contributed by atoms with Gasteiger partial charge in [-0.3, -0.25) is 0 Å². The van der Waals surface area contributed by atoms with Gasteiger partial charge >= 0.3 is 0 Å². The average Bonchev–Trinajstić information content (AvgIpc) is 3.62. The largest absolute Gasteiger partial charge is 0.310 e. The van der Waals surface area contributed by atoms with Crippen molar-refractivity contribution < 1.29 is 0 Å².